The molecule has 0 saturated carbocycles. The normalized spacial score (nSPS) is 15.4. The lowest BCUT2D eigenvalue weighted by Crippen LogP contribution is -2.25. The van der Waals surface area contributed by atoms with Crippen molar-refractivity contribution in [3.05, 3.63) is 26.6 Å². The quantitative estimate of drug-likeness (QED) is 0.739. The number of aromatic nitrogens is 2. The van der Waals surface area contributed by atoms with Crippen LogP contribution in [0, 0.1) is 6.92 Å². The molecule has 5 heteroatoms. The Morgan fingerprint density at radius 1 is 1.50 bits per heavy atom. The molecule has 0 saturated heterocycles. The Labute approximate surface area is 96.9 Å². The summed E-state index contributed by atoms with van der Waals surface area (Å²) in [6.45, 7) is 3.70. The van der Waals surface area contributed by atoms with Crippen LogP contribution in [0.3, 0.4) is 0 Å². The van der Waals surface area contributed by atoms with Gasteiger partial charge in [0.05, 0.1) is 5.39 Å². The maximum atomic E-state index is 12.2. The summed E-state index contributed by atoms with van der Waals surface area (Å²) in [7, 11) is 1.79. The number of hydrogen-bond donors (Lipinski definition) is 1. The molecule has 84 valence electrons. The van der Waals surface area contributed by atoms with Gasteiger partial charge in [-0.15, -0.1) is 11.3 Å². The molecule has 3 heterocycles. The van der Waals surface area contributed by atoms with Crippen molar-refractivity contribution in [3.8, 4) is 0 Å². The molecule has 2 aromatic heterocycles. The van der Waals surface area contributed by atoms with Gasteiger partial charge in [-0.2, -0.15) is 0 Å². The lowest BCUT2D eigenvalue weighted by molar-refractivity contribution is 0.656. The zero-order chi connectivity index (χ0) is 11.3. The first-order valence-electron chi connectivity index (χ1n) is 5.37. The zero-order valence-electron chi connectivity index (χ0n) is 9.33. The smallest absolute Gasteiger partial charge is 0.262 e. The fourth-order valence-electron chi connectivity index (χ4n) is 2.16. The number of nitrogens with one attached hydrogen (secondary N) is 1. The number of fused-ring (bicyclic) bond motifs is 3. The van der Waals surface area contributed by atoms with Gasteiger partial charge in [-0.1, -0.05) is 0 Å². The van der Waals surface area contributed by atoms with Crippen molar-refractivity contribution in [2.45, 2.75) is 19.9 Å². The van der Waals surface area contributed by atoms with Crippen molar-refractivity contribution < 1.29 is 0 Å². The van der Waals surface area contributed by atoms with Crippen LogP contribution in [0.4, 0.5) is 0 Å². The van der Waals surface area contributed by atoms with E-state index in [0.717, 1.165) is 35.6 Å². The van der Waals surface area contributed by atoms with Gasteiger partial charge in [0.1, 0.15) is 10.7 Å². The van der Waals surface area contributed by atoms with Gasteiger partial charge in [0.25, 0.3) is 5.56 Å². The van der Waals surface area contributed by atoms with E-state index < -0.39 is 0 Å². The highest BCUT2D eigenvalue weighted by atomic mass is 32.1. The maximum absolute atomic E-state index is 12.2. The average molecular weight is 235 g/mol. The van der Waals surface area contributed by atoms with E-state index in [9.17, 15) is 4.79 Å². The average Bonchev–Trinajstić information content (AvgIpc) is 2.64. The first-order chi connectivity index (χ1) is 7.68. The molecule has 0 fully saturated rings. The SMILES string of the molecule is Cc1nc2sc3c(c2c(=O)n1C)CCNC3. The molecular weight excluding hydrogens is 222 g/mol. The van der Waals surface area contributed by atoms with E-state index in [-0.39, 0.29) is 5.56 Å². The monoisotopic (exact) mass is 235 g/mol. The van der Waals surface area contributed by atoms with E-state index in [0.29, 0.717) is 0 Å². The third kappa shape index (κ3) is 1.25. The molecule has 0 aromatic carbocycles. The molecule has 1 aliphatic rings. The minimum absolute atomic E-state index is 0.0990. The molecule has 1 aliphatic heterocycles. The van der Waals surface area contributed by atoms with Crippen molar-refractivity contribution in [3.63, 3.8) is 0 Å². The van der Waals surface area contributed by atoms with Crippen LogP contribution in [-0.4, -0.2) is 16.1 Å². The summed E-state index contributed by atoms with van der Waals surface area (Å²) in [5.41, 5.74) is 1.31. The molecule has 1 N–H and O–H groups in total. The fraction of sp³-hybridized carbons (Fsp3) is 0.455. The summed E-state index contributed by atoms with van der Waals surface area (Å²) < 4.78 is 1.64. The van der Waals surface area contributed by atoms with Gasteiger partial charge in [0.2, 0.25) is 0 Å². The molecule has 0 radical (unpaired) electrons. The molecule has 0 atom stereocenters. The van der Waals surface area contributed by atoms with Crippen LogP contribution < -0.4 is 10.9 Å². The van der Waals surface area contributed by atoms with Crippen molar-refractivity contribution in [1.82, 2.24) is 14.9 Å². The van der Waals surface area contributed by atoms with Crippen molar-refractivity contribution in [2.75, 3.05) is 6.54 Å². The third-order valence-electron chi connectivity index (χ3n) is 3.18. The van der Waals surface area contributed by atoms with Crippen LogP contribution >= 0.6 is 11.3 Å². The van der Waals surface area contributed by atoms with E-state index >= 15 is 0 Å². The Hall–Kier alpha value is -1.20. The lowest BCUT2D eigenvalue weighted by Gasteiger charge is -2.12. The number of nitrogens with zero attached hydrogens (tertiary/aromatic N) is 2. The third-order valence-corrected chi connectivity index (χ3v) is 4.30. The highest BCUT2D eigenvalue weighted by Gasteiger charge is 2.19. The highest BCUT2D eigenvalue weighted by Crippen LogP contribution is 2.29. The van der Waals surface area contributed by atoms with Crippen LogP contribution in [0.25, 0.3) is 10.2 Å². The van der Waals surface area contributed by atoms with E-state index in [4.69, 9.17) is 0 Å². The van der Waals surface area contributed by atoms with Crippen LogP contribution in [0.2, 0.25) is 0 Å². The highest BCUT2D eigenvalue weighted by molar-refractivity contribution is 7.18. The second-order valence-electron chi connectivity index (χ2n) is 4.13. The van der Waals surface area contributed by atoms with Crippen molar-refractivity contribution in [2.24, 2.45) is 7.05 Å². The van der Waals surface area contributed by atoms with Gasteiger partial charge in [0, 0.05) is 18.5 Å². The Bertz CT molecular complexity index is 626. The lowest BCUT2D eigenvalue weighted by atomic mass is 10.1. The summed E-state index contributed by atoms with van der Waals surface area (Å²) in [5, 5.41) is 4.17. The predicted octanol–water partition coefficient (Wildman–Crippen LogP) is 0.949. The van der Waals surface area contributed by atoms with Crippen LogP contribution in [-0.2, 0) is 20.0 Å². The second-order valence-corrected chi connectivity index (χ2v) is 5.22. The molecule has 0 amide bonds. The summed E-state index contributed by atoms with van der Waals surface area (Å²) in [5.74, 6) is 0.782. The van der Waals surface area contributed by atoms with Gasteiger partial charge in [-0.05, 0) is 25.5 Å². The summed E-state index contributed by atoms with van der Waals surface area (Å²) >= 11 is 1.65. The standard InChI is InChI=1S/C11H13N3OS/c1-6-13-10-9(11(15)14(6)2)7-3-4-12-5-8(7)16-10/h12H,3-5H2,1-2H3. The molecule has 16 heavy (non-hydrogen) atoms. The van der Waals surface area contributed by atoms with Gasteiger partial charge in [-0.25, -0.2) is 4.98 Å². The van der Waals surface area contributed by atoms with Crippen LogP contribution in [0.1, 0.15) is 16.3 Å². The van der Waals surface area contributed by atoms with Crippen molar-refractivity contribution >= 4 is 21.6 Å². The molecule has 0 aliphatic carbocycles. The summed E-state index contributed by atoms with van der Waals surface area (Å²) in [6, 6.07) is 0. The molecule has 2 aromatic rings. The Kier molecular flexibility index (Phi) is 2.12. The molecule has 0 spiro atoms. The van der Waals surface area contributed by atoms with Crippen molar-refractivity contribution in [1.29, 1.82) is 0 Å². The molecule has 0 unspecified atom stereocenters. The number of thiophene rings is 1. The number of hydrogen-bond acceptors (Lipinski definition) is 4. The first-order valence-corrected chi connectivity index (χ1v) is 6.18. The number of rotatable bonds is 0. The van der Waals surface area contributed by atoms with Gasteiger partial charge >= 0.3 is 0 Å². The molecular formula is C11H13N3OS. The Balaban J connectivity index is 2.45. The fourth-order valence-corrected chi connectivity index (χ4v) is 3.38. The van der Waals surface area contributed by atoms with Gasteiger partial charge < -0.3 is 5.32 Å². The minimum Gasteiger partial charge on any atom is -0.312 e. The Morgan fingerprint density at radius 3 is 3.12 bits per heavy atom. The summed E-state index contributed by atoms with van der Waals surface area (Å²) in [6.07, 6.45) is 0.940. The first kappa shape index (κ1) is 9.99. The second kappa shape index (κ2) is 3.40. The molecule has 4 nitrogen and oxygen atoms in total. The minimum atomic E-state index is 0.0990. The van der Waals surface area contributed by atoms with E-state index in [1.54, 1.807) is 23.0 Å². The van der Waals surface area contributed by atoms with E-state index in [1.807, 2.05) is 6.92 Å². The number of aryl methyl sites for hydroxylation is 1. The predicted molar refractivity (Wildman–Crippen MR) is 65.0 cm³/mol. The Morgan fingerprint density at radius 2 is 2.31 bits per heavy atom. The maximum Gasteiger partial charge on any atom is 0.262 e. The zero-order valence-corrected chi connectivity index (χ0v) is 10.1. The molecule has 0 bridgehead atoms. The topological polar surface area (TPSA) is 46.9 Å². The van der Waals surface area contributed by atoms with Gasteiger partial charge in [0.15, 0.2) is 0 Å². The van der Waals surface area contributed by atoms with Gasteiger partial charge in [-0.3, -0.25) is 9.36 Å². The van der Waals surface area contributed by atoms with E-state index in [2.05, 4.69) is 10.3 Å². The van der Waals surface area contributed by atoms with Crippen LogP contribution in [0.5, 0.6) is 0 Å². The largest absolute Gasteiger partial charge is 0.312 e. The van der Waals surface area contributed by atoms with Crippen LogP contribution in [0.15, 0.2) is 4.79 Å². The molecule has 3 rings (SSSR count). The van der Waals surface area contributed by atoms with E-state index in [1.165, 1.54) is 10.4 Å². The summed E-state index contributed by atoms with van der Waals surface area (Å²) in [4.78, 5) is 18.9.